The van der Waals surface area contributed by atoms with E-state index in [0.717, 1.165) is 77.2 Å². The van der Waals surface area contributed by atoms with Gasteiger partial charge in [-0.25, -0.2) is 0 Å². The molecule has 50 heavy (non-hydrogen) atoms. The van der Waals surface area contributed by atoms with Gasteiger partial charge in [0.2, 0.25) is 0 Å². The van der Waals surface area contributed by atoms with Crippen molar-refractivity contribution in [2.24, 2.45) is 0 Å². The van der Waals surface area contributed by atoms with Crippen LogP contribution in [0.15, 0.2) is 152 Å². The van der Waals surface area contributed by atoms with E-state index in [-0.39, 0.29) is 0 Å². The normalized spacial score (nSPS) is 11.1. The standard InChI is InChI=1S/C45H25N5/c46-26-29-17-22-44-39(24-29)38-13-5-6-14-41(38)49(44)33-20-18-31(19-21-33)34-9-1-2-10-35(34)40-25-30(27-47)23-32(28-48)45(40)50-42-15-7-3-11-36(42)37-12-4-8-16-43(37)50/h1-25H. The Bertz CT molecular complexity index is 2900. The molecule has 0 bridgehead atoms. The van der Waals surface area contributed by atoms with Crippen molar-refractivity contribution in [1.82, 2.24) is 9.13 Å². The van der Waals surface area contributed by atoms with E-state index in [2.05, 4.69) is 100 Å². The van der Waals surface area contributed by atoms with Crippen LogP contribution in [0.25, 0.3) is 77.2 Å². The average Bonchev–Trinajstić information content (AvgIpc) is 3.70. The minimum atomic E-state index is 0.428. The van der Waals surface area contributed by atoms with Crippen molar-refractivity contribution in [3.8, 4) is 51.8 Å². The van der Waals surface area contributed by atoms with Crippen molar-refractivity contribution < 1.29 is 0 Å². The smallest absolute Gasteiger partial charge is 0.101 e. The highest BCUT2D eigenvalue weighted by Crippen LogP contribution is 2.42. The fourth-order valence-corrected chi connectivity index (χ4v) is 7.47. The molecule has 9 aromatic rings. The fraction of sp³-hybridized carbons (Fsp3) is 0. The molecule has 0 radical (unpaired) electrons. The molecule has 0 aliphatic rings. The van der Waals surface area contributed by atoms with Gasteiger partial charge in [-0.1, -0.05) is 91.0 Å². The molecule has 0 fully saturated rings. The molecule has 230 valence electrons. The molecular formula is C45H25N5. The summed E-state index contributed by atoms with van der Waals surface area (Å²) in [5.74, 6) is 0. The summed E-state index contributed by atoms with van der Waals surface area (Å²) in [5.41, 5.74) is 11.1. The molecule has 0 spiro atoms. The van der Waals surface area contributed by atoms with E-state index in [9.17, 15) is 15.8 Å². The van der Waals surface area contributed by atoms with Crippen molar-refractivity contribution in [3.63, 3.8) is 0 Å². The van der Waals surface area contributed by atoms with E-state index in [1.54, 1.807) is 6.07 Å². The van der Waals surface area contributed by atoms with Crippen molar-refractivity contribution in [2.45, 2.75) is 0 Å². The number of nitrogens with zero attached hydrogens (tertiary/aromatic N) is 5. The Kier molecular flexibility index (Phi) is 6.56. The Morgan fingerprint density at radius 2 is 0.920 bits per heavy atom. The first kappa shape index (κ1) is 28.8. The van der Waals surface area contributed by atoms with Crippen LogP contribution in [0.4, 0.5) is 0 Å². The molecule has 0 aliphatic carbocycles. The highest BCUT2D eigenvalue weighted by molar-refractivity contribution is 6.11. The van der Waals surface area contributed by atoms with Gasteiger partial charge in [0.05, 0.1) is 56.6 Å². The maximum absolute atomic E-state index is 10.5. The summed E-state index contributed by atoms with van der Waals surface area (Å²) in [7, 11) is 0. The first-order valence-electron chi connectivity index (χ1n) is 16.3. The van der Waals surface area contributed by atoms with Gasteiger partial charge in [0.15, 0.2) is 0 Å². The molecule has 0 atom stereocenters. The molecule has 2 heterocycles. The average molecular weight is 636 g/mol. The van der Waals surface area contributed by atoms with Gasteiger partial charge in [-0.05, 0) is 77.4 Å². The van der Waals surface area contributed by atoms with Crippen LogP contribution in [0.3, 0.4) is 0 Å². The Hall–Kier alpha value is -7.39. The highest BCUT2D eigenvalue weighted by Gasteiger charge is 2.22. The summed E-state index contributed by atoms with van der Waals surface area (Å²) >= 11 is 0. The fourth-order valence-electron chi connectivity index (χ4n) is 7.47. The van der Waals surface area contributed by atoms with Gasteiger partial charge >= 0.3 is 0 Å². The first-order valence-corrected chi connectivity index (χ1v) is 16.3. The van der Waals surface area contributed by atoms with E-state index >= 15 is 0 Å². The van der Waals surface area contributed by atoms with Crippen LogP contribution in [0, 0.1) is 34.0 Å². The van der Waals surface area contributed by atoms with Gasteiger partial charge in [0, 0.05) is 32.8 Å². The van der Waals surface area contributed by atoms with E-state index < -0.39 is 0 Å². The van der Waals surface area contributed by atoms with Crippen molar-refractivity contribution in [3.05, 3.63) is 168 Å². The molecule has 5 heteroatoms. The summed E-state index contributed by atoms with van der Waals surface area (Å²) in [6.07, 6.45) is 0. The molecule has 0 unspecified atom stereocenters. The van der Waals surface area contributed by atoms with Crippen molar-refractivity contribution in [1.29, 1.82) is 15.8 Å². The Morgan fingerprint density at radius 3 is 1.54 bits per heavy atom. The van der Waals surface area contributed by atoms with E-state index in [4.69, 9.17) is 0 Å². The summed E-state index contributed by atoms with van der Waals surface area (Å²) in [6, 6.07) is 57.8. The predicted octanol–water partition coefficient (Wildman–Crippen LogP) is 10.8. The molecular weight excluding hydrogens is 611 g/mol. The van der Waals surface area contributed by atoms with Gasteiger partial charge in [0.1, 0.15) is 6.07 Å². The predicted molar refractivity (Wildman–Crippen MR) is 200 cm³/mol. The lowest BCUT2D eigenvalue weighted by molar-refractivity contribution is 1.17. The van der Waals surface area contributed by atoms with Gasteiger partial charge < -0.3 is 9.13 Å². The molecule has 0 saturated carbocycles. The summed E-state index contributed by atoms with van der Waals surface area (Å²) in [6.45, 7) is 0. The van der Waals surface area contributed by atoms with Gasteiger partial charge in [-0.15, -0.1) is 0 Å². The quantitative estimate of drug-likeness (QED) is 0.193. The number of aromatic nitrogens is 2. The van der Waals surface area contributed by atoms with Gasteiger partial charge in [-0.2, -0.15) is 15.8 Å². The van der Waals surface area contributed by atoms with Crippen LogP contribution in [0.2, 0.25) is 0 Å². The van der Waals surface area contributed by atoms with Crippen LogP contribution >= 0.6 is 0 Å². The van der Waals surface area contributed by atoms with Crippen molar-refractivity contribution >= 4 is 43.6 Å². The van der Waals surface area contributed by atoms with Crippen LogP contribution in [-0.2, 0) is 0 Å². The third-order valence-electron chi connectivity index (χ3n) is 9.62. The van der Waals surface area contributed by atoms with Crippen LogP contribution in [0.5, 0.6) is 0 Å². The Morgan fingerprint density at radius 1 is 0.380 bits per heavy atom. The summed E-state index contributed by atoms with van der Waals surface area (Å²) in [4.78, 5) is 0. The van der Waals surface area contributed by atoms with Gasteiger partial charge in [0.25, 0.3) is 0 Å². The van der Waals surface area contributed by atoms with E-state index in [1.165, 1.54) is 0 Å². The maximum atomic E-state index is 10.5. The summed E-state index contributed by atoms with van der Waals surface area (Å²) in [5, 5.41) is 34.5. The third-order valence-corrected chi connectivity index (χ3v) is 9.62. The zero-order chi connectivity index (χ0) is 33.8. The number of nitriles is 3. The Balaban J connectivity index is 1.26. The number of hydrogen-bond donors (Lipinski definition) is 0. The number of para-hydroxylation sites is 3. The summed E-state index contributed by atoms with van der Waals surface area (Å²) < 4.78 is 4.40. The number of hydrogen-bond acceptors (Lipinski definition) is 3. The lowest BCUT2D eigenvalue weighted by atomic mass is 9.90. The second-order valence-corrected chi connectivity index (χ2v) is 12.3. The minimum absolute atomic E-state index is 0.428. The van der Waals surface area contributed by atoms with Crippen molar-refractivity contribution in [2.75, 3.05) is 0 Å². The number of fused-ring (bicyclic) bond motifs is 6. The number of rotatable bonds is 4. The zero-order valence-electron chi connectivity index (χ0n) is 26.7. The molecule has 9 rings (SSSR count). The molecule has 7 aromatic carbocycles. The molecule has 0 aliphatic heterocycles. The highest BCUT2D eigenvalue weighted by atomic mass is 15.0. The molecule has 0 saturated heterocycles. The van der Waals surface area contributed by atoms with Crippen LogP contribution < -0.4 is 0 Å². The first-order chi connectivity index (χ1) is 24.7. The lowest BCUT2D eigenvalue weighted by Gasteiger charge is -2.19. The van der Waals surface area contributed by atoms with Crippen LogP contribution in [0.1, 0.15) is 16.7 Å². The lowest BCUT2D eigenvalue weighted by Crippen LogP contribution is -2.02. The monoisotopic (exact) mass is 635 g/mol. The second-order valence-electron chi connectivity index (χ2n) is 12.3. The molecule has 2 aromatic heterocycles. The van der Waals surface area contributed by atoms with E-state index in [1.807, 2.05) is 72.8 Å². The molecule has 0 N–H and O–H groups in total. The Labute approximate surface area is 287 Å². The number of benzene rings is 7. The zero-order valence-corrected chi connectivity index (χ0v) is 26.7. The van der Waals surface area contributed by atoms with Crippen LogP contribution in [-0.4, -0.2) is 9.13 Å². The molecule has 0 amide bonds. The molecule has 5 nitrogen and oxygen atoms in total. The van der Waals surface area contributed by atoms with E-state index in [0.29, 0.717) is 16.7 Å². The third kappa shape index (κ3) is 4.31. The topological polar surface area (TPSA) is 81.2 Å². The largest absolute Gasteiger partial charge is 0.309 e. The SMILES string of the molecule is N#Cc1cc(C#N)c(-n2c3ccccc3c3ccccc32)c(-c2ccccc2-c2ccc(-n3c4ccccc4c4cc(C#N)ccc43)cc2)c1. The second kappa shape index (κ2) is 11.4. The van der Waals surface area contributed by atoms with Gasteiger partial charge in [-0.3, -0.25) is 0 Å². The minimum Gasteiger partial charge on any atom is -0.309 e. The maximum Gasteiger partial charge on any atom is 0.101 e.